The van der Waals surface area contributed by atoms with Crippen LogP contribution < -0.4 is 0 Å². The minimum absolute atomic E-state index is 0.179. The van der Waals surface area contributed by atoms with Crippen molar-refractivity contribution in [3.63, 3.8) is 0 Å². The van der Waals surface area contributed by atoms with E-state index in [1.165, 1.54) is 19.3 Å². The first-order chi connectivity index (χ1) is 9.63. The molecule has 0 bridgehead atoms. The summed E-state index contributed by atoms with van der Waals surface area (Å²) in [5.74, 6) is 0.257. The fourth-order valence-electron chi connectivity index (χ4n) is 3.84. The number of aliphatic hydroxyl groups is 1. The third kappa shape index (κ3) is 3.73. The summed E-state index contributed by atoms with van der Waals surface area (Å²) in [4.78, 5) is 17.0. The van der Waals surface area contributed by atoms with Crippen molar-refractivity contribution in [2.24, 2.45) is 0 Å². The smallest absolute Gasteiger partial charge is 0.237 e. The van der Waals surface area contributed by atoms with Gasteiger partial charge in [-0.25, -0.2) is 0 Å². The predicted octanol–water partition coefficient (Wildman–Crippen LogP) is 2.01. The Morgan fingerprint density at radius 3 is 2.50 bits per heavy atom. The molecule has 2 aliphatic rings. The molecule has 2 fully saturated rings. The van der Waals surface area contributed by atoms with E-state index in [4.69, 9.17) is 0 Å². The van der Waals surface area contributed by atoms with Crippen molar-refractivity contribution in [3.8, 4) is 0 Å². The minimum Gasteiger partial charge on any atom is -0.395 e. The van der Waals surface area contributed by atoms with Gasteiger partial charge in [0.05, 0.1) is 13.2 Å². The molecular weight excluding hydrogens is 252 g/mol. The van der Waals surface area contributed by atoms with E-state index in [-0.39, 0.29) is 24.6 Å². The van der Waals surface area contributed by atoms with Gasteiger partial charge in [0, 0.05) is 18.1 Å². The highest BCUT2D eigenvalue weighted by Gasteiger charge is 2.31. The number of nitrogens with zero attached hydrogens (tertiary/aromatic N) is 2. The Morgan fingerprint density at radius 2 is 1.90 bits per heavy atom. The Bertz CT molecular complexity index is 314. The molecule has 1 saturated carbocycles. The first-order valence-electron chi connectivity index (χ1n) is 8.29. The minimum atomic E-state index is 0.179. The summed E-state index contributed by atoms with van der Waals surface area (Å²) < 4.78 is 0. The summed E-state index contributed by atoms with van der Waals surface area (Å²) in [6.45, 7) is 5.87. The molecule has 0 radical (unpaired) electrons. The Kier molecular flexibility index (Phi) is 5.85. The van der Waals surface area contributed by atoms with Gasteiger partial charge < -0.3 is 10.0 Å². The number of carbonyl (C=O) groups is 1. The van der Waals surface area contributed by atoms with Gasteiger partial charge in [-0.1, -0.05) is 19.3 Å². The molecule has 4 nitrogen and oxygen atoms in total. The van der Waals surface area contributed by atoms with Gasteiger partial charge in [0.25, 0.3) is 0 Å². The van der Waals surface area contributed by atoms with Crippen molar-refractivity contribution in [3.05, 3.63) is 0 Å². The number of amides is 1. The number of hydrogen-bond acceptors (Lipinski definition) is 3. The lowest BCUT2D eigenvalue weighted by atomic mass is 9.93. The molecule has 1 atom stereocenters. The Labute approximate surface area is 123 Å². The summed E-state index contributed by atoms with van der Waals surface area (Å²) in [5, 5.41) is 9.38. The average Bonchev–Trinajstić information content (AvgIpc) is 2.86. The van der Waals surface area contributed by atoms with Gasteiger partial charge in [-0.05, 0) is 46.1 Å². The van der Waals surface area contributed by atoms with Crippen LogP contribution in [0.3, 0.4) is 0 Å². The maximum absolute atomic E-state index is 12.7. The summed E-state index contributed by atoms with van der Waals surface area (Å²) >= 11 is 0. The van der Waals surface area contributed by atoms with E-state index in [0.717, 1.165) is 32.2 Å². The lowest BCUT2D eigenvalue weighted by Crippen LogP contribution is -2.50. The lowest BCUT2D eigenvalue weighted by Gasteiger charge is -2.38. The second kappa shape index (κ2) is 7.41. The second-order valence-electron chi connectivity index (χ2n) is 6.64. The number of carbonyl (C=O) groups excluding carboxylic acids is 1. The van der Waals surface area contributed by atoms with Gasteiger partial charge >= 0.3 is 0 Å². The molecule has 0 aromatic rings. The van der Waals surface area contributed by atoms with E-state index in [1.807, 2.05) is 0 Å². The summed E-state index contributed by atoms with van der Waals surface area (Å²) in [6.07, 6.45) is 8.27. The van der Waals surface area contributed by atoms with Crippen molar-refractivity contribution in [1.29, 1.82) is 0 Å². The molecule has 4 heteroatoms. The van der Waals surface area contributed by atoms with E-state index in [0.29, 0.717) is 12.6 Å². The maximum atomic E-state index is 12.7. The van der Waals surface area contributed by atoms with Crippen molar-refractivity contribution in [2.75, 3.05) is 19.7 Å². The topological polar surface area (TPSA) is 43.8 Å². The van der Waals surface area contributed by atoms with Crippen LogP contribution in [-0.2, 0) is 4.79 Å². The molecule has 2 rings (SSSR count). The molecule has 1 aliphatic carbocycles. The number of rotatable bonds is 5. The van der Waals surface area contributed by atoms with Crippen LogP contribution in [-0.4, -0.2) is 58.6 Å². The van der Waals surface area contributed by atoms with Crippen LogP contribution in [0, 0.1) is 0 Å². The molecule has 1 amide bonds. The van der Waals surface area contributed by atoms with Gasteiger partial charge in [0.1, 0.15) is 0 Å². The summed E-state index contributed by atoms with van der Waals surface area (Å²) in [7, 11) is 0. The highest BCUT2D eigenvalue weighted by molar-refractivity contribution is 5.79. The zero-order valence-electron chi connectivity index (χ0n) is 13.1. The molecule has 1 heterocycles. The molecule has 0 spiro atoms. The van der Waals surface area contributed by atoms with Crippen LogP contribution in [0.4, 0.5) is 0 Å². The normalized spacial score (nSPS) is 25.3. The first kappa shape index (κ1) is 15.8. The number of hydrogen-bond donors (Lipinski definition) is 1. The molecule has 0 aromatic carbocycles. The van der Waals surface area contributed by atoms with Gasteiger partial charge in [0.2, 0.25) is 5.91 Å². The highest BCUT2D eigenvalue weighted by atomic mass is 16.3. The fraction of sp³-hybridized carbons (Fsp3) is 0.938. The zero-order chi connectivity index (χ0) is 14.5. The van der Waals surface area contributed by atoms with Crippen molar-refractivity contribution >= 4 is 5.91 Å². The molecule has 0 aromatic heterocycles. The Morgan fingerprint density at radius 1 is 1.20 bits per heavy atom. The second-order valence-corrected chi connectivity index (χ2v) is 6.64. The molecular formula is C16H30N2O2. The van der Waals surface area contributed by atoms with Crippen LogP contribution in [0.5, 0.6) is 0 Å². The largest absolute Gasteiger partial charge is 0.395 e. The first-order valence-corrected chi connectivity index (χ1v) is 8.29. The van der Waals surface area contributed by atoms with E-state index in [2.05, 4.69) is 23.6 Å². The number of likely N-dealkylation sites (tertiary alicyclic amines) is 1. The fourth-order valence-corrected chi connectivity index (χ4v) is 3.84. The van der Waals surface area contributed by atoms with Gasteiger partial charge in [-0.15, -0.1) is 0 Å². The standard InChI is InChI=1S/C16H30N2O2/c1-13(2)18(14-7-4-3-5-8-14)16(20)11-17-10-6-9-15(17)12-19/h13-15,19H,3-12H2,1-2H3/t15-/m1/s1. The molecule has 1 saturated heterocycles. The van der Waals surface area contributed by atoms with E-state index < -0.39 is 0 Å². The monoisotopic (exact) mass is 282 g/mol. The third-order valence-electron chi connectivity index (χ3n) is 4.86. The molecule has 20 heavy (non-hydrogen) atoms. The third-order valence-corrected chi connectivity index (χ3v) is 4.86. The van der Waals surface area contributed by atoms with Gasteiger partial charge in [0.15, 0.2) is 0 Å². The van der Waals surface area contributed by atoms with Crippen molar-refractivity contribution < 1.29 is 9.90 Å². The quantitative estimate of drug-likeness (QED) is 0.839. The molecule has 0 unspecified atom stereocenters. The highest BCUT2D eigenvalue weighted by Crippen LogP contribution is 2.25. The van der Waals surface area contributed by atoms with E-state index >= 15 is 0 Å². The van der Waals surface area contributed by atoms with Crippen LogP contribution >= 0.6 is 0 Å². The van der Waals surface area contributed by atoms with Crippen molar-refractivity contribution in [2.45, 2.75) is 76.9 Å². The van der Waals surface area contributed by atoms with Crippen molar-refractivity contribution in [1.82, 2.24) is 9.80 Å². The number of aliphatic hydroxyl groups excluding tert-OH is 1. The molecule has 116 valence electrons. The van der Waals surface area contributed by atoms with Gasteiger partial charge in [-0.2, -0.15) is 0 Å². The Hall–Kier alpha value is -0.610. The zero-order valence-corrected chi connectivity index (χ0v) is 13.1. The SMILES string of the molecule is CC(C)N(C(=O)CN1CCC[C@@H]1CO)C1CCCCC1. The van der Waals surface area contributed by atoms with Crippen LogP contribution in [0.1, 0.15) is 58.8 Å². The molecule has 1 aliphatic heterocycles. The Balaban J connectivity index is 1.96. The van der Waals surface area contributed by atoms with Crippen LogP contribution in [0.2, 0.25) is 0 Å². The lowest BCUT2D eigenvalue weighted by molar-refractivity contribution is -0.137. The average molecular weight is 282 g/mol. The van der Waals surface area contributed by atoms with Gasteiger partial charge in [-0.3, -0.25) is 9.69 Å². The van der Waals surface area contributed by atoms with E-state index in [1.54, 1.807) is 0 Å². The predicted molar refractivity (Wildman–Crippen MR) is 80.5 cm³/mol. The maximum Gasteiger partial charge on any atom is 0.237 e. The van der Waals surface area contributed by atoms with Crippen LogP contribution in [0.15, 0.2) is 0 Å². The van der Waals surface area contributed by atoms with E-state index in [9.17, 15) is 9.90 Å². The molecule has 1 N–H and O–H groups in total. The van der Waals surface area contributed by atoms with Crippen LogP contribution in [0.25, 0.3) is 0 Å². The summed E-state index contributed by atoms with van der Waals surface area (Å²) in [5.41, 5.74) is 0. The summed E-state index contributed by atoms with van der Waals surface area (Å²) in [6, 6.07) is 0.909.